The van der Waals surface area contributed by atoms with Gasteiger partial charge in [-0.2, -0.15) is 13.2 Å². The van der Waals surface area contributed by atoms with Crippen LogP contribution in [-0.4, -0.2) is 52.9 Å². The largest absolute Gasteiger partial charge is 0.439 e. The molecule has 0 radical (unpaired) electrons. The number of amides is 2. The molecule has 4 aromatic carbocycles. The van der Waals surface area contributed by atoms with Gasteiger partial charge in [0.1, 0.15) is 17.9 Å². The number of rotatable bonds is 8. The van der Waals surface area contributed by atoms with E-state index in [1.54, 1.807) is 42.5 Å². The Morgan fingerprint density at radius 3 is 2.38 bits per heavy atom. The van der Waals surface area contributed by atoms with Crippen LogP contribution in [0.1, 0.15) is 28.4 Å². The molecule has 1 saturated heterocycles. The number of aromatic nitrogens is 2. The Kier molecular flexibility index (Phi) is 9.03. The van der Waals surface area contributed by atoms with Crippen molar-refractivity contribution in [2.75, 3.05) is 41.7 Å². The molecular weight excluding hydrogens is 609 g/mol. The molecular formula is C35H31F3N6O3. The first kappa shape index (κ1) is 31.5. The molecule has 2 amide bonds. The summed E-state index contributed by atoms with van der Waals surface area (Å²) in [5, 5.41) is 6.52. The van der Waals surface area contributed by atoms with Crippen LogP contribution in [-0.2, 0) is 17.5 Å². The molecule has 12 heteroatoms. The van der Waals surface area contributed by atoms with Gasteiger partial charge in [0.25, 0.3) is 5.91 Å². The van der Waals surface area contributed by atoms with Crippen molar-refractivity contribution >= 4 is 39.8 Å². The number of piperazine rings is 1. The minimum absolute atomic E-state index is 0.0576. The number of nitrogens with zero attached hydrogens (tertiary/aromatic N) is 4. The molecule has 5 aromatic rings. The second-order valence-corrected chi connectivity index (χ2v) is 11.2. The van der Waals surface area contributed by atoms with E-state index in [-0.39, 0.29) is 28.9 Å². The van der Waals surface area contributed by atoms with Gasteiger partial charge in [0.05, 0.1) is 5.56 Å². The van der Waals surface area contributed by atoms with Crippen molar-refractivity contribution in [1.29, 1.82) is 0 Å². The first-order chi connectivity index (χ1) is 22.6. The van der Waals surface area contributed by atoms with Crippen LogP contribution in [0.4, 0.5) is 30.4 Å². The molecule has 0 unspecified atom stereocenters. The SMILES string of the molecule is CC(=O)Nc1cc(Oc2ccc3c(C(=O)Nc4cc(N5CCN(Cc6ccccc6)CC5)cc(C(F)(F)F)c4)cccc3c2)ncn1. The van der Waals surface area contributed by atoms with Crippen LogP contribution in [0.15, 0.2) is 97.3 Å². The van der Waals surface area contributed by atoms with E-state index in [4.69, 9.17) is 4.74 Å². The predicted molar refractivity (Wildman–Crippen MR) is 174 cm³/mol. The molecule has 47 heavy (non-hydrogen) atoms. The highest BCUT2D eigenvalue weighted by molar-refractivity contribution is 6.13. The number of anilines is 3. The molecule has 1 aromatic heterocycles. The van der Waals surface area contributed by atoms with E-state index in [1.165, 1.54) is 24.9 Å². The Balaban J connectivity index is 1.19. The van der Waals surface area contributed by atoms with E-state index in [1.807, 2.05) is 23.1 Å². The Bertz CT molecular complexity index is 1910. The number of halogens is 3. The van der Waals surface area contributed by atoms with Crippen molar-refractivity contribution in [3.05, 3.63) is 114 Å². The first-order valence-corrected chi connectivity index (χ1v) is 15.0. The molecule has 1 aliphatic rings. The monoisotopic (exact) mass is 640 g/mol. The summed E-state index contributed by atoms with van der Waals surface area (Å²) in [5.74, 6) is 0.0806. The van der Waals surface area contributed by atoms with E-state index in [2.05, 4.69) is 37.6 Å². The van der Waals surface area contributed by atoms with Crippen LogP contribution in [0.2, 0.25) is 0 Å². The summed E-state index contributed by atoms with van der Waals surface area (Å²) in [6.45, 7) is 4.64. The van der Waals surface area contributed by atoms with Gasteiger partial charge in [-0.15, -0.1) is 0 Å². The highest BCUT2D eigenvalue weighted by Crippen LogP contribution is 2.35. The zero-order valence-corrected chi connectivity index (χ0v) is 25.4. The summed E-state index contributed by atoms with van der Waals surface area (Å²) >= 11 is 0. The van der Waals surface area contributed by atoms with Gasteiger partial charge in [-0.1, -0.05) is 42.5 Å². The number of fused-ring (bicyclic) bond motifs is 1. The summed E-state index contributed by atoms with van der Waals surface area (Å²) in [5.41, 5.74) is 1.11. The number of alkyl halides is 3. The van der Waals surface area contributed by atoms with Crippen LogP contribution in [0.5, 0.6) is 11.6 Å². The molecule has 9 nitrogen and oxygen atoms in total. The maximum absolute atomic E-state index is 14.0. The molecule has 6 rings (SSSR count). The number of nitrogens with one attached hydrogen (secondary N) is 2. The minimum atomic E-state index is -4.59. The molecule has 2 heterocycles. The highest BCUT2D eigenvalue weighted by atomic mass is 19.4. The summed E-state index contributed by atoms with van der Waals surface area (Å²) < 4.78 is 47.8. The second-order valence-electron chi connectivity index (χ2n) is 11.2. The number of hydrogen-bond donors (Lipinski definition) is 2. The number of benzene rings is 4. The van der Waals surface area contributed by atoms with Crippen LogP contribution in [0.3, 0.4) is 0 Å². The third-order valence-electron chi connectivity index (χ3n) is 7.75. The van der Waals surface area contributed by atoms with Crippen LogP contribution >= 0.6 is 0 Å². The molecule has 0 saturated carbocycles. The van der Waals surface area contributed by atoms with Crippen molar-refractivity contribution in [2.45, 2.75) is 19.6 Å². The molecule has 240 valence electrons. The number of carbonyl (C=O) groups is 2. The lowest BCUT2D eigenvalue weighted by Gasteiger charge is -2.36. The topological polar surface area (TPSA) is 99.7 Å². The van der Waals surface area contributed by atoms with E-state index < -0.39 is 17.6 Å². The van der Waals surface area contributed by atoms with Crippen LogP contribution < -0.4 is 20.3 Å². The molecule has 0 aliphatic carbocycles. The fraction of sp³-hybridized carbons (Fsp3) is 0.200. The van der Waals surface area contributed by atoms with E-state index >= 15 is 0 Å². The maximum Gasteiger partial charge on any atom is 0.416 e. The van der Waals surface area contributed by atoms with Crippen molar-refractivity contribution in [1.82, 2.24) is 14.9 Å². The van der Waals surface area contributed by atoms with Crippen molar-refractivity contribution < 1.29 is 27.5 Å². The molecule has 0 atom stereocenters. The lowest BCUT2D eigenvalue weighted by atomic mass is 10.0. The van der Waals surface area contributed by atoms with Crippen LogP contribution in [0, 0.1) is 0 Å². The van der Waals surface area contributed by atoms with Gasteiger partial charge >= 0.3 is 6.18 Å². The Morgan fingerprint density at radius 2 is 1.64 bits per heavy atom. The van der Waals surface area contributed by atoms with E-state index in [0.29, 0.717) is 48.4 Å². The summed E-state index contributed by atoms with van der Waals surface area (Å²) in [4.78, 5) is 37.1. The number of hydrogen-bond acceptors (Lipinski definition) is 7. The quantitative estimate of drug-likeness (QED) is 0.189. The zero-order chi connectivity index (χ0) is 33.0. The summed E-state index contributed by atoms with van der Waals surface area (Å²) in [7, 11) is 0. The highest BCUT2D eigenvalue weighted by Gasteiger charge is 2.32. The van der Waals surface area contributed by atoms with Gasteiger partial charge < -0.3 is 20.3 Å². The summed E-state index contributed by atoms with van der Waals surface area (Å²) in [6, 6.07) is 25.4. The van der Waals surface area contributed by atoms with Gasteiger partial charge in [-0.25, -0.2) is 9.97 Å². The minimum Gasteiger partial charge on any atom is -0.439 e. The lowest BCUT2D eigenvalue weighted by molar-refractivity contribution is -0.137. The Morgan fingerprint density at radius 1 is 0.851 bits per heavy atom. The van der Waals surface area contributed by atoms with Crippen LogP contribution in [0.25, 0.3) is 10.8 Å². The molecule has 2 N–H and O–H groups in total. The zero-order valence-electron chi connectivity index (χ0n) is 25.4. The first-order valence-electron chi connectivity index (χ1n) is 15.0. The second kappa shape index (κ2) is 13.5. The molecule has 0 spiro atoms. The predicted octanol–water partition coefficient (Wildman–Crippen LogP) is 6.97. The maximum atomic E-state index is 14.0. The molecule has 1 aliphatic heterocycles. The Hall–Kier alpha value is -5.49. The third kappa shape index (κ3) is 7.85. The fourth-order valence-corrected chi connectivity index (χ4v) is 5.52. The Labute approximate surface area is 269 Å². The third-order valence-corrected chi connectivity index (χ3v) is 7.75. The molecule has 0 bridgehead atoms. The van der Waals surface area contributed by atoms with Gasteiger partial charge in [0.2, 0.25) is 11.8 Å². The normalized spacial score (nSPS) is 13.7. The fourth-order valence-electron chi connectivity index (χ4n) is 5.52. The number of carbonyl (C=O) groups excluding carboxylic acids is 2. The van der Waals surface area contributed by atoms with Gasteiger partial charge in [-0.05, 0) is 58.8 Å². The average Bonchev–Trinajstić information content (AvgIpc) is 3.04. The average molecular weight is 641 g/mol. The van der Waals surface area contributed by atoms with E-state index in [9.17, 15) is 22.8 Å². The van der Waals surface area contributed by atoms with Gasteiger partial charge in [0.15, 0.2) is 0 Å². The number of ether oxygens (including phenoxy) is 1. The summed E-state index contributed by atoms with van der Waals surface area (Å²) in [6.07, 6.45) is -3.33. The van der Waals surface area contributed by atoms with Crippen molar-refractivity contribution in [2.24, 2.45) is 0 Å². The van der Waals surface area contributed by atoms with E-state index in [0.717, 1.165) is 18.7 Å². The van der Waals surface area contributed by atoms with Crippen molar-refractivity contribution in [3.8, 4) is 11.6 Å². The standard InChI is InChI=1S/C35H31F3N6O3/c1-23(45)41-32-20-33(40-22-39-32)47-29-10-11-30-25(16-29)8-5-9-31(30)34(46)42-27-17-26(35(36,37)38)18-28(19-27)44-14-12-43(13-15-44)21-24-6-3-2-4-7-24/h2-11,16-20,22H,12-15,21H2,1H3,(H,42,46)(H,39,40,41,45). The van der Waals surface area contributed by atoms with Gasteiger partial charge in [0, 0.05) is 62.7 Å². The molecule has 1 fully saturated rings. The van der Waals surface area contributed by atoms with Crippen molar-refractivity contribution in [3.63, 3.8) is 0 Å². The van der Waals surface area contributed by atoms with Gasteiger partial charge in [-0.3, -0.25) is 14.5 Å². The smallest absolute Gasteiger partial charge is 0.416 e. The lowest BCUT2D eigenvalue weighted by Crippen LogP contribution is -2.46.